The van der Waals surface area contributed by atoms with Crippen LogP contribution >= 0.6 is 0 Å². The van der Waals surface area contributed by atoms with Crippen LogP contribution in [0.5, 0.6) is 0 Å². The summed E-state index contributed by atoms with van der Waals surface area (Å²) in [4.78, 5) is 10.4. The molecule has 2 atom stereocenters. The molecule has 0 radical (unpaired) electrons. The lowest BCUT2D eigenvalue weighted by Crippen LogP contribution is -2.31. The molecule has 2 unspecified atom stereocenters. The summed E-state index contributed by atoms with van der Waals surface area (Å²) in [5, 5.41) is 15.1. The molecular formula is C11H18N4O3. The molecule has 2 rings (SSSR count). The molecule has 18 heavy (non-hydrogen) atoms. The first-order valence-corrected chi connectivity index (χ1v) is 6.04. The van der Waals surface area contributed by atoms with Crippen molar-refractivity contribution in [2.45, 2.75) is 51.9 Å². The fourth-order valence-electron chi connectivity index (χ4n) is 2.63. The van der Waals surface area contributed by atoms with Crippen molar-refractivity contribution in [2.24, 2.45) is 0 Å². The molecule has 2 heterocycles. The minimum Gasteiger partial charge on any atom is -0.378 e. The second-order valence-electron chi connectivity index (χ2n) is 4.90. The number of nitrogens with zero attached hydrogens (tertiary/aromatic N) is 3. The largest absolute Gasteiger partial charge is 0.378 e. The fourth-order valence-corrected chi connectivity index (χ4v) is 2.63. The quantitative estimate of drug-likeness (QED) is 0.641. The first kappa shape index (κ1) is 12.8. The summed E-state index contributed by atoms with van der Waals surface area (Å²) < 4.78 is 7.23. The summed E-state index contributed by atoms with van der Waals surface area (Å²) in [5.74, 6) is 0.142. The number of nitro groups is 1. The van der Waals surface area contributed by atoms with Gasteiger partial charge in [0.05, 0.1) is 23.2 Å². The van der Waals surface area contributed by atoms with Crippen molar-refractivity contribution < 1.29 is 9.66 Å². The zero-order valence-electron chi connectivity index (χ0n) is 10.8. The highest BCUT2D eigenvalue weighted by atomic mass is 16.6. The third kappa shape index (κ3) is 2.17. The second kappa shape index (κ2) is 4.56. The highest BCUT2D eigenvalue weighted by molar-refractivity contribution is 5.56. The maximum Gasteiger partial charge on any atom is 0.333 e. The van der Waals surface area contributed by atoms with Gasteiger partial charge in [-0.15, -0.1) is 0 Å². The maximum absolute atomic E-state index is 10.9. The van der Waals surface area contributed by atoms with Gasteiger partial charge in [0, 0.05) is 0 Å². The van der Waals surface area contributed by atoms with Crippen LogP contribution in [-0.4, -0.2) is 26.9 Å². The van der Waals surface area contributed by atoms with Crippen molar-refractivity contribution in [3.63, 3.8) is 0 Å². The monoisotopic (exact) mass is 254 g/mol. The standard InChI is InChI=1S/C11H18N4O3/c1-6-4-9(5-7(2)18-6)14-11(12)10(15(16)17)8(3)13-14/h6-7,9H,4-5,12H2,1-3H3. The molecule has 1 saturated heterocycles. The minimum absolute atomic E-state index is 0.0659. The Labute approximate surface area is 105 Å². The smallest absolute Gasteiger partial charge is 0.333 e. The zero-order valence-corrected chi connectivity index (χ0v) is 10.8. The van der Waals surface area contributed by atoms with Gasteiger partial charge in [0.15, 0.2) is 0 Å². The van der Waals surface area contributed by atoms with Gasteiger partial charge in [-0.2, -0.15) is 5.10 Å². The summed E-state index contributed by atoms with van der Waals surface area (Å²) >= 11 is 0. The van der Waals surface area contributed by atoms with E-state index in [1.165, 1.54) is 0 Å². The lowest BCUT2D eigenvalue weighted by atomic mass is 10.00. The Balaban J connectivity index is 2.34. The van der Waals surface area contributed by atoms with Crippen molar-refractivity contribution in [1.82, 2.24) is 9.78 Å². The molecule has 0 aliphatic carbocycles. The van der Waals surface area contributed by atoms with Crippen LogP contribution in [0.4, 0.5) is 11.5 Å². The molecule has 1 aromatic rings. The van der Waals surface area contributed by atoms with Crippen molar-refractivity contribution in [2.75, 3.05) is 5.73 Å². The van der Waals surface area contributed by atoms with Gasteiger partial charge in [-0.3, -0.25) is 10.1 Å². The van der Waals surface area contributed by atoms with E-state index in [1.807, 2.05) is 13.8 Å². The van der Waals surface area contributed by atoms with Crippen LogP contribution in [0.25, 0.3) is 0 Å². The van der Waals surface area contributed by atoms with Crippen LogP contribution in [-0.2, 0) is 4.74 Å². The summed E-state index contributed by atoms with van der Waals surface area (Å²) in [6.45, 7) is 5.59. The summed E-state index contributed by atoms with van der Waals surface area (Å²) in [7, 11) is 0. The predicted octanol–water partition coefficient (Wildman–Crippen LogP) is 1.81. The van der Waals surface area contributed by atoms with Gasteiger partial charge in [-0.25, -0.2) is 4.68 Å². The number of hydrogen-bond donors (Lipinski definition) is 1. The Hall–Kier alpha value is -1.63. The summed E-state index contributed by atoms with van der Waals surface area (Å²) in [6, 6.07) is 0.0659. The minimum atomic E-state index is -0.472. The molecule has 0 spiro atoms. The first-order valence-electron chi connectivity index (χ1n) is 6.04. The van der Waals surface area contributed by atoms with Crippen molar-refractivity contribution in [1.29, 1.82) is 0 Å². The Kier molecular flexibility index (Phi) is 3.25. The first-order chi connectivity index (χ1) is 8.40. The van der Waals surface area contributed by atoms with Gasteiger partial charge in [-0.05, 0) is 33.6 Å². The van der Waals surface area contributed by atoms with E-state index in [-0.39, 0.29) is 29.8 Å². The molecule has 0 aromatic carbocycles. The Morgan fingerprint density at radius 1 is 1.44 bits per heavy atom. The molecule has 1 aliphatic heterocycles. The molecule has 7 heteroatoms. The molecule has 100 valence electrons. The number of ether oxygens (including phenoxy) is 1. The molecule has 0 bridgehead atoms. The van der Waals surface area contributed by atoms with E-state index in [2.05, 4.69) is 5.10 Å². The van der Waals surface area contributed by atoms with Crippen molar-refractivity contribution in [3.05, 3.63) is 15.8 Å². The van der Waals surface area contributed by atoms with Crippen LogP contribution in [0, 0.1) is 17.0 Å². The summed E-state index contributed by atoms with van der Waals surface area (Å²) in [5.41, 5.74) is 6.13. The highest BCUT2D eigenvalue weighted by Crippen LogP contribution is 2.34. The Morgan fingerprint density at radius 2 is 2.00 bits per heavy atom. The fraction of sp³-hybridized carbons (Fsp3) is 0.727. The van der Waals surface area contributed by atoms with E-state index in [9.17, 15) is 10.1 Å². The van der Waals surface area contributed by atoms with Crippen LogP contribution in [0.3, 0.4) is 0 Å². The third-order valence-electron chi connectivity index (χ3n) is 3.29. The zero-order chi connectivity index (χ0) is 13.4. The number of aromatic nitrogens is 2. The number of nitrogen functional groups attached to an aromatic ring is 1. The van der Waals surface area contributed by atoms with Gasteiger partial charge in [0.1, 0.15) is 5.69 Å². The molecule has 2 N–H and O–H groups in total. The predicted molar refractivity (Wildman–Crippen MR) is 66.3 cm³/mol. The van der Waals surface area contributed by atoms with E-state index in [4.69, 9.17) is 10.5 Å². The highest BCUT2D eigenvalue weighted by Gasteiger charge is 2.31. The molecule has 0 saturated carbocycles. The third-order valence-corrected chi connectivity index (χ3v) is 3.29. The van der Waals surface area contributed by atoms with Crippen molar-refractivity contribution in [3.8, 4) is 0 Å². The van der Waals surface area contributed by atoms with E-state index in [1.54, 1.807) is 11.6 Å². The van der Waals surface area contributed by atoms with Crippen LogP contribution in [0.1, 0.15) is 38.4 Å². The van der Waals surface area contributed by atoms with E-state index in [0.29, 0.717) is 5.69 Å². The van der Waals surface area contributed by atoms with Gasteiger partial charge in [-0.1, -0.05) is 0 Å². The van der Waals surface area contributed by atoms with E-state index >= 15 is 0 Å². The number of anilines is 1. The number of aryl methyl sites for hydroxylation is 1. The van der Waals surface area contributed by atoms with E-state index in [0.717, 1.165) is 12.8 Å². The number of rotatable bonds is 2. The van der Waals surface area contributed by atoms with Gasteiger partial charge in [0.25, 0.3) is 0 Å². The van der Waals surface area contributed by atoms with Crippen molar-refractivity contribution >= 4 is 11.5 Å². The molecular weight excluding hydrogens is 236 g/mol. The number of nitrogens with two attached hydrogens (primary N) is 1. The average molecular weight is 254 g/mol. The summed E-state index contributed by atoms with van der Waals surface area (Å²) in [6.07, 6.45) is 1.77. The molecule has 1 aliphatic rings. The average Bonchev–Trinajstić information content (AvgIpc) is 2.52. The van der Waals surface area contributed by atoms with E-state index < -0.39 is 4.92 Å². The lowest BCUT2D eigenvalue weighted by molar-refractivity contribution is -0.384. The molecule has 1 aromatic heterocycles. The Morgan fingerprint density at radius 3 is 2.44 bits per heavy atom. The van der Waals surface area contributed by atoms with Crippen LogP contribution in [0.2, 0.25) is 0 Å². The normalized spacial score (nSPS) is 28.3. The van der Waals surface area contributed by atoms with Crippen LogP contribution in [0.15, 0.2) is 0 Å². The van der Waals surface area contributed by atoms with Gasteiger partial charge in [0.2, 0.25) is 5.82 Å². The molecule has 7 nitrogen and oxygen atoms in total. The Bertz CT molecular complexity index is 461. The number of hydrogen-bond acceptors (Lipinski definition) is 5. The lowest BCUT2D eigenvalue weighted by Gasteiger charge is -2.32. The topological polar surface area (TPSA) is 96.2 Å². The van der Waals surface area contributed by atoms with Gasteiger partial charge >= 0.3 is 5.69 Å². The maximum atomic E-state index is 10.9. The molecule has 1 fully saturated rings. The SMILES string of the molecule is Cc1nn(C2CC(C)OC(C)C2)c(N)c1[N+](=O)[O-]. The van der Waals surface area contributed by atoms with Gasteiger partial charge < -0.3 is 10.5 Å². The van der Waals surface area contributed by atoms with Crippen LogP contribution < -0.4 is 5.73 Å². The second-order valence-corrected chi connectivity index (χ2v) is 4.90. The molecule has 0 amide bonds.